The molecule has 0 amide bonds. The number of benzene rings is 2. The molecule has 2 aromatic carbocycles. The van der Waals surface area contributed by atoms with Crippen LogP contribution in [0.1, 0.15) is 10.4 Å². The van der Waals surface area contributed by atoms with E-state index in [1.165, 1.54) is 0 Å². The number of esters is 1. The van der Waals surface area contributed by atoms with E-state index in [1.807, 2.05) is 12.1 Å². The second-order valence-electron chi connectivity index (χ2n) is 2.98. The molecule has 0 N–H and O–H groups in total. The molecule has 0 fully saturated rings. The zero-order chi connectivity index (χ0) is 10.5. The minimum atomic E-state index is -0.363. The molecule has 1 radical (unpaired) electrons. The molecule has 15 heavy (non-hydrogen) atoms. The fourth-order valence-corrected chi connectivity index (χ4v) is 1.17. The molecule has 0 aromatic heterocycles. The van der Waals surface area contributed by atoms with Crippen LogP contribution in [0.4, 0.5) is 0 Å². The van der Waals surface area contributed by atoms with E-state index >= 15 is 0 Å². The van der Waals surface area contributed by atoms with Crippen LogP contribution >= 0.6 is 0 Å². The average molecular weight is 197 g/mol. The molecule has 0 spiro atoms. The normalized spacial score (nSPS) is 9.60. The van der Waals surface area contributed by atoms with E-state index < -0.39 is 0 Å². The summed E-state index contributed by atoms with van der Waals surface area (Å²) in [5.41, 5.74) is 0.537. The van der Waals surface area contributed by atoms with Crippen molar-refractivity contribution in [2.45, 2.75) is 0 Å². The zero-order valence-electron chi connectivity index (χ0n) is 8.01. The van der Waals surface area contributed by atoms with Crippen LogP contribution in [0.5, 0.6) is 5.75 Å². The second-order valence-corrected chi connectivity index (χ2v) is 2.98. The summed E-state index contributed by atoms with van der Waals surface area (Å²) < 4.78 is 5.11. The first-order valence-electron chi connectivity index (χ1n) is 4.60. The number of carbonyl (C=O) groups is 1. The van der Waals surface area contributed by atoms with Gasteiger partial charge in [0.05, 0.1) is 5.56 Å². The smallest absolute Gasteiger partial charge is 0.343 e. The number of ether oxygens (including phenoxy) is 1. The van der Waals surface area contributed by atoms with Crippen LogP contribution in [0.3, 0.4) is 0 Å². The molecule has 0 unspecified atom stereocenters. The molecule has 0 heterocycles. The lowest BCUT2D eigenvalue weighted by atomic mass is 10.2. The number of hydrogen-bond acceptors (Lipinski definition) is 2. The SMILES string of the molecule is O=C(Oc1[c]cccc1)c1ccccc1. The summed E-state index contributed by atoms with van der Waals surface area (Å²) in [7, 11) is 0. The van der Waals surface area contributed by atoms with E-state index in [-0.39, 0.29) is 5.97 Å². The molecule has 2 aromatic rings. The lowest BCUT2D eigenvalue weighted by Crippen LogP contribution is -2.07. The Morgan fingerprint density at radius 2 is 1.73 bits per heavy atom. The highest BCUT2D eigenvalue weighted by Crippen LogP contribution is 2.10. The Morgan fingerprint density at radius 1 is 1.00 bits per heavy atom. The van der Waals surface area contributed by atoms with Gasteiger partial charge in [-0.1, -0.05) is 36.4 Å². The van der Waals surface area contributed by atoms with Crippen molar-refractivity contribution in [2.75, 3.05) is 0 Å². The van der Waals surface area contributed by atoms with Crippen LogP contribution in [0.2, 0.25) is 0 Å². The van der Waals surface area contributed by atoms with Crippen LogP contribution < -0.4 is 4.74 Å². The van der Waals surface area contributed by atoms with Gasteiger partial charge in [-0.3, -0.25) is 0 Å². The van der Waals surface area contributed by atoms with Gasteiger partial charge in [-0.05, 0) is 18.2 Å². The van der Waals surface area contributed by atoms with E-state index in [9.17, 15) is 4.79 Å². The van der Waals surface area contributed by atoms with Gasteiger partial charge in [0.25, 0.3) is 0 Å². The van der Waals surface area contributed by atoms with Gasteiger partial charge in [-0.25, -0.2) is 4.79 Å². The summed E-state index contributed by atoms with van der Waals surface area (Å²) in [6.07, 6.45) is 0. The maximum atomic E-state index is 11.6. The molecule has 0 aliphatic heterocycles. The highest BCUT2D eigenvalue weighted by atomic mass is 16.5. The topological polar surface area (TPSA) is 26.3 Å². The summed E-state index contributed by atoms with van der Waals surface area (Å²) in [5.74, 6) is 0.0735. The van der Waals surface area contributed by atoms with Crippen molar-refractivity contribution in [3.05, 3.63) is 66.2 Å². The van der Waals surface area contributed by atoms with Crippen molar-refractivity contribution in [3.63, 3.8) is 0 Å². The minimum Gasteiger partial charge on any atom is -0.422 e. The maximum Gasteiger partial charge on any atom is 0.343 e. The molecule has 2 rings (SSSR count). The number of rotatable bonds is 2. The average Bonchev–Trinajstić information content (AvgIpc) is 2.31. The summed E-state index contributed by atoms with van der Waals surface area (Å²) in [5, 5.41) is 0. The fourth-order valence-electron chi connectivity index (χ4n) is 1.17. The first-order chi connectivity index (χ1) is 7.36. The quantitative estimate of drug-likeness (QED) is 0.546. The molecule has 0 aliphatic carbocycles. The van der Waals surface area contributed by atoms with Crippen molar-refractivity contribution in [3.8, 4) is 5.75 Å². The molecule has 2 heteroatoms. The van der Waals surface area contributed by atoms with Gasteiger partial charge in [-0.2, -0.15) is 0 Å². The minimum absolute atomic E-state index is 0.363. The summed E-state index contributed by atoms with van der Waals surface area (Å²) in [6.45, 7) is 0. The van der Waals surface area contributed by atoms with E-state index in [0.717, 1.165) is 0 Å². The van der Waals surface area contributed by atoms with Gasteiger partial charge in [0.15, 0.2) is 0 Å². The van der Waals surface area contributed by atoms with Gasteiger partial charge in [-0.15, -0.1) is 0 Å². The molecule has 0 atom stereocenters. The Morgan fingerprint density at radius 3 is 2.40 bits per heavy atom. The third-order valence-corrected chi connectivity index (χ3v) is 1.89. The molecule has 73 valence electrons. The number of para-hydroxylation sites is 1. The number of hydrogen-bond donors (Lipinski definition) is 0. The van der Waals surface area contributed by atoms with Crippen molar-refractivity contribution in [1.82, 2.24) is 0 Å². The molecular formula is C13H9O2. The van der Waals surface area contributed by atoms with Crippen molar-refractivity contribution in [1.29, 1.82) is 0 Å². The van der Waals surface area contributed by atoms with Crippen LogP contribution in [0.15, 0.2) is 54.6 Å². The van der Waals surface area contributed by atoms with Crippen molar-refractivity contribution >= 4 is 5.97 Å². The molecule has 0 saturated carbocycles. The summed E-state index contributed by atoms with van der Waals surface area (Å²) in [6, 6.07) is 18.7. The van der Waals surface area contributed by atoms with Gasteiger partial charge in [0.2, 0.25) is 0 Å². The summed E-state index contributed by atoms with van der Waals surface area (Å²) >= 11 is 0. The lowest BCUT2D eigenvalue weighted by molar-refractivity contribution is 0.0734. The Balaban J connectivity index is 2.12. The summed E-state index contributed by atoms with van der Waals surface area (Å²) in [4.78, 5) is 11.6. The van der Waals surface area contributed by atoms with Gasteiger partial charge in [0, 0.05) is 6.07 Å². The Bertz CT molecular complexity index is 435. The molecule has 0 aliphatic rings. The Labute approximate surface area is 88.1 Å². The molecule has 2 nitrogen and oxygen atoms in total. The van der Waals surface area contributed by atoms with Gasteiger partial charge < -0.3 is 4.74 Å². The predicted octanol–water partition coefficient (Wildman–Crippen LogP) is 2.71. The standard InChI is InChI=1S/C13H9O2/c14-13(11-7-3-1-4-8-11)15-12-9-5-2-6-10-12/h1-9H. The van der Waals surface area contributed by atoms with Crippen molar-refractivity contribution < 1.29 is 9.53 Å². The van der Waals surface area contributed by atoms with E-state index in [1.54, 1.807) is 42.5 Å². The second kappa shape index (κ2) is 4.42. The van der Waals surface area contributed by atoms with Crippen molar-refractivity contribution in [2.24, 2.45) is 0 Å². The van der Waals surface area contributed by atoms with Crippen LogP contribution in [0.25, 0.3) is 0 Å². The Kier molecular flexibility index (Phi) is 2.79. The number of carbonyl (C=O) groups excluding carboxylic acids is 1. The zero-order valence-corrected chi connectivity index (χ0v) is 8.01. The van der Waals surface area contributed by atoms with E-state index in [2.05, 4.69) is 6.07 Å². The van der Waals surface area contributed by atoms with Gasteiger partial charge in [0.1, 0.15) is 5.75 Å². The first-order valence-corrected chi connectivity index (χ1v) is 4.60. The fraction of sp³-hybridized carbons (Fsp3) is 0. The van der Waals surface area contributed by atoms with E-state index in [0.29, 0.717) is 11.3 Å². The monoisotopic (exact) mass is 197 g/mol. The highest BCUT2D eigenvalue weighted by Gasteiger charge is 2.06. The molecule has 0 bridgehead atoms. The predicted molar refractivity (Wildman–Crippen MR) is 56.7 cm³/mol. The van der Waals surface area contributed by atoms with Crippen LogP contribution in [-0.2, 0) is 0 Å². The first kappa shape index (κ1) is 9.46. The van der Waals surface area contributed by atoms with Gasteiger partial charge >= 0.3 is 5.97 Å². The third kappa shape index (κ3) is 2.44. The van der Waals surface area contributed by atoms with Crippen LogP contribution in [0, 0.1) is 6.07 Å². The molecular weight excluding hydrogens is 188 g/mol. The largest absolute Gasteiger partial charge is 0.422 e. The van der Waals surface area contributed by atoms with Crippen LogP contribution in [-0.4, -0.2) is 5.97 Å². The molecule has 0 saturated heterocycles. The lowest BCUT2D eigenvalue weighted by Gasteiger charge is -2.02. The highest BCUT2D eigenvalue weighted by molar-refractivity contribution is 5.90. The maximum absolute atomic E-state index is 11.6. The Hall–Kier alpha value is -2.09. The third-order valence-electron chi connectivity index (χ3n) is 1.89. The van der Waals surface area contributed by atoms with E-state index in [4.69, 9.17) is 4.74 Å².